The van der Waals surface area contributed by atoms with E-state index in [4.69, 9.17) is 15.6 Å². The molecule has 0 aromatic heterocycles. The molecule has 0 heterocycles. The normalized spacial score (nSPS) is 10.3. The number of carboxylic acid groups (broad SMARTS) is 1. The molecule has 0 unspecified atom stereocenters. The van der Waals surface area contributed by atoms with Gasteiger partial charge in [0.15, 0.2) is 0 Å². The molecule has 2 aromatic rings. The van der Waals surface area contributed by atoms with Crippen molar-refractivity contribution in [3.63, 3.8) is 0 Å². The van der Waals surface area contributed by atoms with Crippen molar-refractivity contribution in [2.45, 2.75) is 0 Å². The van der Waals surface area contributed by atoms with E-state index in [0.29, 0.717) is 0 Å². The van der Waals surface area contributed by atoms with Gasteiger partial charge in [-0.25, -0.2) is 13.6 Å². The zero-order valence-electron chi connectivity index (χ0n) is 9.86. The summed E-state index contributed by atoms with van der Waals surface area (Å²) in [6.07, 6.45) is 0. The number of rotatable bonds is 3. The van der Waals surface area contributed by atoms with Gasteiger partial charge in [-0.2, -0.15) is 0 Å². The first-order chi connectivity index (χ1) is 9.40. The quantitative estimate of drug-likeness (QED) is 0.831. The minimum Gasteiger partial charge on any atom is -0.477 e. The Kier molecular flexibility index (Phi) is 3.89. The maximum absolute atomic E-state index is 13.4. The van der Waals surface area contributed by atoms with Gasteiger partial charge < -0.3 is 15.6 Å². The number of ether oxygens (including phenoxy) is 1. The van der Waals surface area contributed by atoms with Crippen molar-refractivity contribution < 1.29 is 23.4 Å². The van der Waals surface area contributed by atoms with Crippen molar-refractivity contribution in [3.05, 3.63) is 52.0 Å². The number of benzene rings is 2. The number of nitrogen functional groups attached to an aromatic ring is 1. The van der Waals surface area contributed by atoms with Crippen LogP contribution >= 0.6 is 15.9 Å². The van der Waals surface area contributed by atoms with Gasteiger partial charge in [0.2, 0.25) is 0 Å². The van der Waals surface area contributed by atoms with Crippen LogP contribution in [0.2, 0.25) is 0 Å². The summed E-state index contributed by atoms with van der Waals surface area (Å²) in [5, 5.41) is 9.04. The van der Waals surface area contributed by atoms with Gasteiger partial charge >= 0.3 is 5.97 Å². The van der Waals surface area contributed by atoms with Gasteiger partial charge in [-0.05, 0) is 40.2 Å². The van der Waals surface area contributed by atoms with Gasteiger partial charge in [0, 0.05) is 6.07 Å². The largest absolute Gasteiger partial charge is 0.477 e. The van der Waals surface area contributed by atoms with E-state index in [0.717, 1.165) is 18.2 Å². The number of nitrogens with two attached hydrogens (primary N) is 1. The third-order valence-electron chi connectivity index (χ3n) is 2.49. The molecule has 20 heavy (non-hydrogen) atoms. The molecular formula is C13H8BrF2NO3. The van der Waals surface area contributed by atoms with Crippen LogP contribution in [0.25, 0.3) is 0 Å². The fraction of sp³-hybridized carbons (Fsp3) is 0. The van der Waals surface area contributed by atoms with Gasteiger partial charge in [0.1, 0.15) is 28.7 Å². The first-order valence-electron chi connectivity index (χ1n) is 5.34. The third kappa shape index (κ3) is 2.72. The fourth-order valence-electron chi connectivity index (χ4n) is 1.55. The number of carboxylic acids is 1. The number of carbonyl (C=O) groups is 1. The van der Waals surface area contributed by atoms with Crippen molar-refractivity contribution in [2.24, 2.45) is 0 Å². The van der Waals surface area contributed by atoms with E-state index in [1.54, 1.807) is 0 Å². The van der Waals surface area contributed by atoms with E-state index in [2.05, 4.69) is 15.9 Å². The Bertz CT molecular complexity index is 692. The summed E-state index contributed by atoms with van der Waals surface area (Å²) in [4.78, 5) is 11.1. The highest BCUT2D eigenvalue weighted by Crippen LogP contribution is 2.32. The molecule has 0 radical (unpaired) electrons. The monoisotopic (exact) mass is 343 g/mol. The summed E-state index contributed by atoms with van der Waals surface area (Å²) >= 11 is 2.98. The Morgan fingerprint density at radius 3 is 2.50 bits per heavy atom. The first-order valence-corrected chi connectivity index (χ1v) is 6.13. The average molecular weight is 344 g/mol. The molecule has 2 aromatic carbocycles. The molecule has 2 rings (SSSR count). The summed E-state index contributed by atoms with van der Waals surface area (Å²) in [5.74, 6) is -2.97. The highest BCUT2D eigenvalue weighted by Gasteiger charge is 2.19. The zero-order chi connectivity index (χ0) is 14.9. The molecule has 0 atom stereocenters. The van der Waals surface area contributed by atoms with Crippen molar-refractivity contribution in [3.8, 4) is 11.5 Å². The van der Waals surface area contributed by atoms with Gasteiger partial charge in [0.25, 0.3) is 0 Å². The molecule has 4 nitrogen and oxygen atoms in total. The van der Waals surface area contributed by atoms with Crippen LogP contribution < -0.4 is 10.5 Å². The Morgan fingerprint density at radius 1 is 1.20 bits per heavy atom. The zero-order valence-corrected chi connectivity index (χ0v) is 11.4. The molecule has 0 aliphatic rings. The summed E-state index contributed by atoms with van der Waals surface area (Å²) in [5.41, 5.74) is 4.33. The lowest BCUT2D eigenvalue weighted by Gasteiger charge is -2.11. The molecule has 0 aliphatic heterocycles. The van der Waals surface area contributed by atoms with E-state index in [9.17, 15) is 13.6 Å². The number of hydrogen-bond donors (Lipinski definition) is 2. The van der Waals surface area contributed by atoms with Crippen LogP contribution in [0.1, 0.15) is 10.4 Å². The second kappa shape index (κ2) is 5.46. The second-order valence-corrected chi connectivity index (χ2v) is 4.67. The molecular weight excluding hydrogens is 336 g/mol. The van der Waals surface area contributed by atoms with Crippen LogP contribution in [0.15, 0.2) is 34.8 Å². The minimum absolute atomic E-state index is 0.0687. The Morgan fingerprint density at radius 2 is 1.90 bits per heavy atom. The average Bonchev–Trinajstić information content (AvgIpc) is 2.38. The van der Waals surface area contributed by atoms with Gasteiger partial charge in [-0.3, -0.25) is 0 Å². The Balaban J connectivity index is 2.45. The van der Waals surface area contributed by atoms with Crippen molar-refractivity contribution in [2.75, 3.05) is 5.73 Å². The Hall–Kier alpha value is -2.15. The molecule has 0 saturated heterocycles. The molecule has 3 N–H and O–H groups in total. The maximum atomic E-state index is 13.4. The number of anilines is 1. The summed E-state index contributed by atoms with van der Waals surface area (Å²) in [6.45, 7) is 0. The van der Waals surface area contributed by atoms with E-state index in [1.807, 2.05) is 0 Å². The Labute approximate surface area is 120 Å². The third-order valence-corrected chi connectivity index (χ3v) is 3.13. The lowest BCUT2D eigenvalue weighted by molar-refractivity contribution is 0.0695. The van der Waals surface area contributed by atoms with Crippen molar-refractivity contribution in [1.82, 2.24) is 0 Å². The van der Waals surface area contributed by atoms with E-state index in [-0.39, 0.29) is 16.0 Å². The molecule has 0 fully saturated rings. The molecule has 0 bridgehead atoms. The smallest absolute Gasteiger partial charge is 0.341 e. The van der Waals surface area contributed by atoms with Crippen LogP contribution in [0.4, 0.5) is 14.5 Å². The maximum Gasteiger partial charge on any atom is 0.341 e. The number of aromatic carboxylic acids is 1. The number of halogens is 3. The molecule has 0 saturated carbocycles. The highest BCUT2D eigenvalue weighted by atomic mass is 79.9. The molecule has 0 aliphatic carbocycles. The predicted octanol–water partition coefficient (Wildman–Crippen LogP) is 3.80. The van der Waals surface area contributed by atoms with Crippen LogP contribution in [0.3, 0.4) is 0 Å². The standard InChI is InChI=1S/C13H8BrF2NO3/c14-7-2-1-6(5-9(7)16)20-10-4-3-8(15)12(17)11(10)13(18)19/h1-5H,17H2,(H,18,19). The topological polar surface area (TPSA) is 72.5 Å². The predicted molar refractivity (Wildman–Crippen MR) is 71.9 cm³/mol. The molecule has 0 amide bonds. The van der Waals surface area contributed by atoms with E-state index < -0.39 is 28.9 Å². The van der Waals surface area contributed by atoms with E-state index >= 15 is 0 Å². The van der Waals surface area contributed by atoms with Crippen molar-refractivity contribution >= 4 is 27.6 Å². The second-order valence-electron chi connectivity index (χ2n) is 3.82. The SMILES string of the molecule is Nc1c(F)ccc(Oc2ccc(Br)c(F)c2)c1C(=O)O. The molecule has 104 valence electrons. The highest BCUT2D eigenvalue weighted by molar-refractivity contribution is 9.10. The number of hydrogen-bond acceptors (Lipinski definition) is 3. The lowest BCUT2D eigenvalue weighted by Crippen LogP contribution is -2.07. The van der Waals surface area contributed by atoms with Gasteiger partial charge in [-0.15, -0.1) is 0 Å². The van der Waals surface area contributed by atoms with Crippen LogP contribution in [0.5, 0.6) is 11.5 Å². The van der Waals surface area contributed by atoms with Crippen LogP contribution in [0, 0.1) is 11.6 Å². The summed E-state index contributed by atoms with van der Waals surface area (Å²) in [6, 6.07) is 5.99. The minimum atomic E-state index is -1.44. The lowest BCUT2D eigenvalue weighted by atomic mass is 10.1. The van der Waals surface area contributed by atoms with Crippen molar-refractivity contribution in [1.29, 1.82) is 0 Å². The first kappa shape index (κ1) is 14.3. The van der Waals surface area contributed by atoms with Gasteiger partial charge in [0.05, 0.1) is 10.2 Å². The van der Waals surface area contributed by atoms with Crippen LogP contribution in [-0.2, 0) is 0 Å². The van der Waals surface area contributed by atoms with E-state index in [1.165, 1.54) is 12.1 Å². The molecule has 0 spiro atoms. The van der Waals surface area contributed by atoms with Crippen LogP contribution in [-0.4, -0.2) is 11.1 Å². The summed E-state index contributed by atoms with van der Waals surface area (Å²) < 4.78 is 32.1. The van der Waals surface area contributed by atoms with Gasteiger partial charge in [-0.1, -0.05) is 0 Å². The molecule has 7 heteroatoms. The summed E-state index contributed by atoms with van der Waals surface area (Å²) in [7, 11) is 0. The fourth-order valence-corrected chi connectivity index (χ4v) is 1.79.